The predicted molar refractivity (Wildman–Crippen MR) is 69.2 cm³/mol. The molecular formula is C14H14N2O2. The molecule has 0 bridgehead atoms. The van der Waals surface area contributed by atoms with Crippen molar-refractivity contribution in [3.63, 3.8) is 0 Å². The lowest BCUT2D eigenvalue weighted by Gasteiger charge is -2.11. The van der Waals surface area contributed by atoms with Crippen molar-refractivity contribution >= 4 is 17.0 Å². The van der Waals surface area contributed by atoms with Crippen LogP contribution < -0.4 is 0 Å². The Morgan fingerprint density at radius 1 is 1.39 bits per heavy atom. The van der Waals surface area contributed by atoms with Crippen LogP contribution in [0.1, 0.15) is 23.7 Å². The largest absolute Gasteiger partial charge is 0.455 e. The third-order valence-electron chi connectivity index (χ3n) is 2.63. The van der Waals surface area contributed by atoms with Gasteiger partial charge in [-0.05, 0) is 24.6 Å². The van der Waals surface area contributed by atoms with Gasteiger partial charge in [-0.3, -0.25) is 9.97 Å². The summed E-state index contributed by atoms with van der Waals surface area (Å²) in [6.45, 7) is 5.56. The van der Waals surface area contributed by atoms with Crippen LogP contribution in [0.3, 0.4) is 0 Å². The Morgan fingerprint density at radius 3 is 2.78 bits per heavy atom. The number of nitrogens with zero attached hydrogens (tertiary/aromatic N) is 2. The van der Waals surface area contributed by atoms with E-state index in [1.165, 1.54) is 0 Å². The molecule has 92 valence electrons. The lowest BCUT2D eigenvalue weighted by atomic mass is 10.2. The van der Waals surface area contributed by atoms with Crippen LogP contribution in [0.4, 0.5) is 0 Å². The lowest BCUT2D eigenvalue weighted by Crippen LogP contribution is -2.15. The van der Waals surface area contributed by atoms with Crippen molar-refractivity contribution in [2.45, 2.75) is 19.4 Å². The summed E-state index contributed by atoms with van der Waals surface area (Å²) >= 11 is 0. The highest BCUT2D eigenvalue weighted by atomic mass is 16.5. The third-order valence-corrected chi connectivity index (χ3v) is 2.63. The van der Waals surface area contributed by atoms with Gasteiger partial charge in [0.25, 0.3) is 0 Å². The summed E-state index contributed by atoms with van der Waals surface area (Å²) in [7, 11) is 0. The van der Waals surface area contributed by atoms with Gasteiger partial charge in [0.1, 0.15) is 6.10 Å². The van der Waals surface area contributed by atoms with Gasteiger partial charge in [-0.1, -0.05) is 19.6 Å². The minimum atomic E-state index is -0.366. The first-order valence-electron chi connectivity index (χ1n) is 5.79. The standard InChI is InChI=1S/C14H14N2O2/c1-3-11(4-2)18-14(17)10-5-6-12-13(9-10)16-8-7-15-12/h3,5-9,11H,1,4H2,2H3/t11-/m0/s1. The number of fused-ring (bicyclic) bond motifs is 1. The second kappa shape index (κ2) is 5.40. The van der Waals surface area contributed by atoms with Crippen LogP contribution in [0.25, 0.3) is 11.0 Å². The van der Waals surface area contributed by atoms with Crippen molar-refractivity contribution in [1.29, 1.82) is 0 Å². The van der Waals surface area contributed by atoms with E-state index in [0.29, 0.717) is 17.5 Å². The van der Waals surface area contributed by atoms with Gasteiger partial charge < -0.3 is 4.74 Å². The average Bonchev–Trinajstić information content (AvgIpc) is 2.44. The molecule has 0 aliphatic heterocycles. The van der Waals surface area contributed by atoms with Crippen LogP contribution in [0.5, 0.6) is 0 Å². The zero-order chi connectivity index (χ0) is 13.0. The molecule has 1 aromatic heterocycles. The molecule has 0 saturated heterocycles. The first kappa shape index (κ1) is 12.2. The fourth-order valence-electron chi connectivity index (χ4n) is 1.59. The van der Waals surface area contributed by atoms with Gasteiger partial charge >= 0.3 is 5.97 Å². The highest BCUT2D eigenvalue weighted by molar-refractivity contribution is 5.93. The van der Waals surface area contributed by atoms with Gasteiger partial charge in [-0.2, -0.15) is 0 Å². The van der Waals surface area contributed by atoms with Crippen molar-refractivity contribution in [3.8, 4) is 0 Å². The third kappa shape index (κ3) is 2.53. The number of ether oxygens (including phenoxy) is 1. The van der Waals surface area contributed by atoms with Crippen molar-refractivity contribution in [3.05, 3.63) is 48.8 Å². The van der Waals surface area contributed by atoms with Crippen LogP contribution in [0, 0.1) is 0 Å². The molecule has 4 nitrogen and oxygen atoms in total. The molecule has 2 aromatic rings. The van der Waals surface area contributed by atoms with E-state index in [1.54, 1.807) is 36.7 Å². The van der Waals surface area contributed by atoms with Crippen LogP contribution in [-0.2, 0) is 4.74 Å². The molecule has 2 rings (SSSR count). The lowest BCUT2D eigenvalue weighted by molar-refractivity contribution is 0.0389. The normalized spacial score (nSPS) is 12.1. The molecule has 1 atom stereocenters. The minimum Gasteiger partial charge on any atom is -0.455 e. The summed E-state index contributed by atoms with van der Waals surface area (Å²) in [6.07, 6.45) is 5.29. The number of benzene rings is 1. The molecule has 4 heteroatoms. The van der Waals surface area contributed by atoms with Crippen LogP contribution in [0.2, 0.25) is 0 Å². The van der Waals surface area contributed by atoms with E-state index in [1.807, 2.05) is 6.92 Å². The molecule has 0 saturated carbocycles. The smallest absolute Gasteiger partial charge is 0.338 e. The Bertz CT molecular complexity index is 581. The fourth-order valence-corrected chi connectivity index (χ4v) is 1.59. The number of hydrogen-bond donors (Lipinski definition) is 0. The topological polar surface area (TPSA) is 52.1 Å². The number of carbonyl (C=O) groups excluding carboxylic acids is 1. The van der Waals surface area contributed by atoms with Crippen LogP contribution in [0.15, 0.2) is 43.2 Å². The minimum absolute atomic E-state index is 0.255. The molecule has 1 aromatic carbocycles. The Morgan fingerprint density at radius 2 is 2.11 bits per heavy atom. The quantitative estimate of drug-likeness (QED) is 0.611. The van der Waals surface area contributed by atoms with Gasteiger partial charge in [0.15, 0.2) is 0 Å². The van der Waals surface area contributed by atoms with Gasteiger partial charge in [-0.15, -0.1) is 0 Å². The van der Waals surface area contributed by atoms with Crippen molar-refractivity contribution < 1.29 is 9.53 Å². The summed E-state index contributed by atoms with van der Waals surface area (Å²) in [5, 5.41) is 0. The van der Waals surface area contributed by atoms with E-state index in [-0.39, 0.29) is 12.1 Å². The van der Waals surface area contributed by atoms with Crippen molar-refractivity contribution in [1.82, 2.24) is 9.97 Å². The highest BCUT2D eigenvalue weighted by Crippen LogP contribution is 2.13. The molecule has 0 spiro atoms. The van der Waals surface area contributed by atoms with Gasteiger partial charge in [0, 0.05) is 12.4 Å². The number of hydrogen-bond acceptors (Lipinski definition) is 4. The second-order valence-electron chi connectivity index (χ2n) is 3.85. The molecule has 0 aliphatic carbocycles. The highest BCUT2D eigenvalue weighted by Gasteiger charge is 2.12. The molecule has 0 aliphatic rings. The van der Waals surface area contributed by atoms with E-state index in [0.717, 1.165) is 5.52 Å². The van der Waals surface area contributed by atoms with E-state index >= 15 is 0 Å². The molecule has 0 radical (unpaired) electrons. The van der Waals surface area contributed by atoms with Crippen LogP contribution in [-0.4, -0.2) is 22.0 Å². The Balaban J connectivity index is 2.25. The number of carbonyl (C=O) groups is 1. The van der Waals surface area contributed by atoms with Crippen LogP contribution >= 0.6 is 0 Å². The number of esters is 1. The summed E-state index contributed by atoms with van der Waals surface area (Å²) in [5.41, 5.74) is 1.91. The van der Waals surface area contributed by atoms with E-state index in [9.17, 15) is 4.79 Å². The summed E-state index contributed by atoms with van der Waals surface area (Å²) in [6, 6.07) is 5.13. The maximum Gasteiger partial charge on any atom is 0.338 e. The van der Waals surface area contributed by atoms with E-state index < -0.39 is 0 Å². The summed E-state index contributed by atoms with van der Waals surface area (Å²) in [5.74, 6) is -0.366. The predicted octanol–water partition coefficient (Wildman–Crippen LogP) is 2.75. The average molecular weight is 242 g/mol. The van der Waals surface area contributed by atoms with Gasteiger partial charge in [-0.25, -0.2) is 4.79 Å². The zero-order valence-corrected chi connectivity index (χ0v) is 10.2. The molecule has 0 unspecified atom stereocenters. The zero-order valence-electron chi connectivity index (χ0n) is 10.2. The fraction of sp³-hybridized carbons (Fsp3) is 0.214. The first-order chi connectivity index (χ1) is 8.74. The number of rotatable bonds is 4. The molecular weight excluding hydrogens is 228 g/mol. The van der Waals surface area contributed by atoms with Crippen molar-refractivity contribution in [2.24, 2.45) is 0 Å². The van der Waals surface area contributed by atoms with Gasteiger partial charge in [0.2, 0.25) is 0 Å². The molecule has 0 N–H and O–H groups in total. The van der Waals surface area contributed by atoms with Crippen molar-refractivity contribution in [2.75, 3.05) is 0 Å². The SMILES string of the molecule is C=C[C@@H](CC)OC(=O)c1ccc2nccnc2c1. The summed E-state index contributed by atoms with van der Waals surface area (Å²) in [4.78, 5) is 20.2. The first-order valence-corrected chi connectivity index (χ1v) is 5.79. The summed E-state index contributed by atoms with van der Waals surface area (Å²) < 4.78 is 5.28. The van der Waals surface area contributed by atoms with E-state index in [2.05, 4.69) is 16.5 Å². The maximum atomic E-state index is 11.9. The Kier molecular flexibility index (Phi) is 3.67. The number of aromatic nitrogens is 2. The maximum absolute atomic E-state index is 11.9. The molecule has 0 fully saturated rings. The monoisotopic (exact) mass is 242 g/mol. The second-order valence-corrected chi connectivity index (χ2v) is 3.85. The Labute approximate surface area is 105 Å². The Hall–Kier alpha value is -2.23. The molecule has 1 heterocycles. The van der Waals surface area contributed by atoms with Gasteiger partial charge in [0.05, 0.1) is 16.6 Å². The molecule has 18 heavy (non-hydrogen) atoms. The van der Waals surface area contributed by atoms with E-state index in [4.69, 9.17) is 4.74 Å². The molecule has 0 amide bonds.